The molecule has 1 N–H and O–H groups in total. The number of halogens is 1. The van der Waals surface area contributed by atoms with Crippen molar-refractivity contribution in [2.24, 2.45) is 7.05 Å². The van der Waals surface area contributed by atoms with Gasteiger partial charge in [-0.05, 0) is 25.5 Å². The molecule has 0 saturated heterocycles. The number of benzene rings is 1. The third-order valence-corrected chi connectivity index (χ3v) is 3.46. The van der Waals surface area contributed by atoms with Gasteiger partial charge in [0.1, 0.15) is 5.82 Å². The Labute approximate surface area is 113 Å². The Kier molecular flexibility index (Phi) is 4.04. The number of nitrogens with zero attached hydrogens (tertiary/aromatic N) is 2. The number of aryl methyl sites for hydroxylation is 1. The molecule has 0 amide bonds. The van der Waals surface area contributed by atoms with Crippen molar-refractivity contribution in [3.63, 3.8) is 0 Å². The smallest absolute Gasteiger partial charge is 0.125 e. The summed E-state index contributed by atoms with van der Waals surface area (Å²) in [4.78, 5) is 4.35. The van der Waals surface area contributed by atoms with E-state index in [1.807, 2.05) is 48.3 Å². The highest BCUT2D eigenvalue weighted by atomic mass is 35.5. The first kappa shape index (κ1) is 13.1. The van der Waals surface area contributed by atoms with Crippen LogP contribution in [0.5, 0.6) is 0 Å². The van der Waals surface area contributed by atoms with Crippen molar-refractivity contribution in [2.45, 2.75) is 25.9 Å². The van der Waals surface area contributed by atoms with Crippen molar-refractivity contribution >= 4 is 11.6 Å². The predicted molar refractivity (Wildman–Crippen MR) is 74.6 cm³/mol. The van der Waals surface area contributed by atoms with Gasteiger partial charge in [0.25, 0.3) is 0 Å². The molecular formula is C14H18ClN3. The van der Waals surface area contributed by atoms with Crippen LogP contribution in [0.2, 0.25) is 5.02 Å². The minimum absolute atomic E-state index is 0.177. The van der Waals surface area contributed by atoms with Gasteiger partial charge in [0.15, 0.2) is 0 Å². The highest BCUT2D eigenvalue weighted by Gasteiger charge is 2.15. The Morgan fingerprint density at radius 2 is 1.94 bits per heavy atom. The van der Waals surface area contributed by atoms with Gasteiger partial charge in [0.05, 0.1) is 6.04 Å². The van der Waals surface area contributed by atoms with Crippen LogP contribution in [-0.4, -0.2) is 9.55 Å². The van der Waals surface area contributed by atoms with Crippen molar-refractivity contribution in [2.75, 3.05) is 0 Å². The van der Waals surface area contributed by atoms with E-state index in [1.165, 1.54) is 0 Å². The van der Waals surface area contributed by atoms with Gasteiger partial charge in [0, 0.05) is 30.5 Å². The fourth-order valence-electron chi connectivity index (χ4n) is 2.16. The van der Waals surface area contributed by atoms with Gasteiger partial charge < -0.3 is 9.88 Å². The number of nitrogens with one attached hydrogen (secondary N) is 1. The molecule has 1 aromatic carbocycles. The maximum atomic E-state index is 6.20. The van der Waals surface area contributed by atoms with Crippen molar-refractivity contribution < 1.29 is 0 Å². The Morgan fingerprint density at radius 1 is 1.22 bits per heavy atom. The molecule has 1 unspecified atom stereocenters. The van der Waals surface area contributed by atoms with Crippen LogP contribution >= 0.6 is 11.6 Å². The lowest BCUT2D eigenvalue weighted by atomic mass is 10.1. The van der Waals surface area contributed by atoms with Crippen LogP contribution in [0.4, 0.5) is 0 Å². The Morgan fingerprint density at radius 3 is 2.56 bits per heavy atom. The van der Waals surface area contributed by atoms with Gasteiger partial charge in [0.2, 0.25) is 0 Å². The first-order chi connectivity index (χ1) is 8.59. The molecule has 0 aliphatic carbocycles. The highest BCUT2D eigenvalue weighted by Crippen LogP contribution is 2.24. The SMILES string of the molecule is CC(N[C@H](C)c1ccccc1Cl)c1nccn1C. The molecule has 0 aliphatic heterocycles. The molecule has 2 rings (SSSR count). The molecular weight excluding hydrogens is 246 g/mol. The van der Waals surface area contributed by atoms with Crippen LogP contribution in [0.1, 0.15) is 37.3 Å². The molecule has 0 saturated carbocycles. The number of hydrogen-bond donors (Lipinski definition) is 1. The van der Waals surface area contributed by atoms with Crippen LogP contribution in [0.15, 0.2) is 36.7 Å². The second kappa shape index (κ2) is 5.55. The van der Waals surface area contributed by atoms with Gasteiger partial charge in [-0.1, -0.05) is 29.8 Å². The quantitative estimate of drug-likeness (QED) is 0.915. The number of imidazole rings is 1. The van der Waals surface area contributed by atoms with Crippen molar-refractivity contribution in [3.8, 4) is 0 Å². The van der Waals surface area contributed by atoms with Gasteiger partial charge in [-0.25, -0.2) is 4.98 Å². The fraction of sp³-hybridized carbons (Fsp3) is 0.357. The average molecular weight is 264 g/mol. The zero-order valence-corrected chi connectivity index (χ0v) is 11.6. The topological polar surface area (TPSA) is 29.9 Å². The van der Waals surface area contributed by atoms with E-state index in [0.717, 1.165) is 16.4 Å². The summed E-state index contributed by atoms with van der Waals surface area (Å²) in [5.74, 6) is 1.02. The zero-order valence-electron chi connectivity index (χ0n) is 10.9. The summed E-state index contributed by atoms with van der Waals surface area (Å²) >= 11 is 6.20. The van der Waals surface area contributed by atoms with Gasteiger partial charge >= 0.3 is 0 Å². The molecule has 0 fully saturated rings. The Hall–Kier alpha value is -1.32. The first-order valence-electron chi connectivity index (χ1n) is 6.07. The molecule has 1 heterocycles. The third-order valence-electron chi connectivity index (χ3n) is 3.12. The molecule has 3 nitrogen and oxygen atoms in total. The minimum Gasteiger partial charge on any atom is -0.337 e. The normalized spacial score (nSPS) is 14.4. The second-order valence-corrected chi connectivity index (χ2v) is 4.94. The largest absolute Gasteiger partial charge is 0.337 e. The lowest BCUT2D eigenvalue weighted by molar-refractivity contribution is 0.467. The summed E-state index contributed by atoms with van der Waals surface area (Å²) in [6.07, 6.45) is 3.77. The first-order valence-corrected chi connectivity index (χ1v) is 6.45. The second-order valence-electron chi connectivity index (χ2n) is 4.53. The number of aromatic nitrogens is 2. The predicted octanol–water partition coefficient (Wildman–Crippen LogP) is 3.49. The summed E-state index contributed by atoms with van der Waals surface area (Å²) < 4.78 is 2.02. The van der Waals surface area contributed by atoms with E-state index in [1.54, 1.807) is 0 Å². The van der Waals surface area contributed by atoms with Gasteiger partial charge in [-0.3, -0.25) is 0 Å². The van der Waals surface area contributed by atoms with Crippen molar-refractivity contribution in [1.82, 2.24) is 14.9 Å². The molecule has 18 heavy (non-hydrogen) atoms. The molecule has 2 aromatic rings. The lowest BCUT2D eigenvalue weighted by Gasteiger charge is -2.21. The molecule has 2 atom stereocenters. The maximum absolute atomic E-state index is 6.20. The fourth-order valence-corrected chi connectivity index (χ4v) is 2.46. The van der Waals surface area contributed by atoms with Crippen molar-refractivity contribution in [3.05, 3.63) is 53.1 Å². The average Bonchev–Trinajstić information content (AvgIpc) is 2.76. The molecule has 0 radical (unpaired) electrons. The van der Waals surface area contributed by atoms with E-state index in [0.29, 0.717) is 0 Å². The van der Waals surface area contributed by atoms with Crippen LogP contribution < -0.4 is 5.32 Å². The standard InChI is InChI=1S/C14H18ClN3/c1-10(12-6-4-5-7-13(12)15)17-11(2)14-16-8-9-18(14)3/h4-11,17H,1-3H3/t10-,11?/m1/s1. The Bertz CT molecular complexity index is 521. The zero-order chi connectivity index (χ0) is 13.1. The molecule has 1 aromatic heterocycles. The van der Waals surface area contributed by atoms with E-state index >= 15 is 0 Å². The van der Waals surface area contributed by atoms with Crippen LogP contribution in [0.25, 0.3) is 0 Å². The third kappa shape index (κ3) is 2.74. The van der Waals surface area contributed by atoms with Gasteiger partial charge in [-0.15, -0.1) is 0 Å². The van der Waals surface area contributed by atoms with E-state index in [9.17, 15) is 0 Å². The summed E-state index contributed by atoms with van der Waals surface area (Å²) in [6.45, 7) is 4.22. The lowest BCUT2D eigenvalue weighted by Crippen LogP contribution is -2.24. The number of rotatable bonds is 4. The van der Waals surface area contributed by atoms with Crippen LogP contribution in [0.3, 0.4) is 0 Å². The summed E-state index contributed by atoms with van der Waals surface area (Å²) in [5, 5.41) is 4.31. The van der Waals surface area contributed by atoms with E-state index in [2.05, 4.69) is 24.1 Å². The highest BCUT2D eigenvalue weighted by molar-refractivity contribution is 6.31. The minimum atomic E-state index is 0.177. The van der Waals surface area contributed by atoms with E-state index in [-0.39, 0.29) is 12.1 Å². The summed E-state index contributed by atoms with van der Waals surface area (Å²) in [7, 11) is 2.00. The van der Waals surface area contributed by atoms with Crippen LogP contribution in [-0.2, 0) is 7.05 Å². The monoisotopic (exact) mass is 263 g/mol. The molecule has 4 heteroatoms. The Balaban J connectivity index is 2.11. The summed E-state index contributed by atoms with van der Waals surface area (Å²) in [5.41, 5.74) is 1.11. The molecule has 0 bridgehead atoms. The maximum Gasteiger partial charge on any atom is 0.125 e. The molecule has 0 spiro atoms. The van der Waals surface area contributed by atoms with E-state index in [4.69, 9.17) is 11.6 Å². The molecule has 0 aliphatic rings. The summed E-state index contributed by atoms with van der Waals surface area (Å²) in [6, 6.07) is 8.28. The number of hydrogen-bond acceptors (Lipinski definition) is 2. The van der Waals surface area contributed by atoms with Crippen molar-refractivity contribution in [1.29, 1.82) is 0 Å². The molecule has 96 valence electrons. The van der Waals surface area contributed by atoms with E-state index < -0.39 is 0 Å². The van der Waals surface area contributed by atoms with Gasteiger partial charge in [-0.2, -0.15) is 0 Å². The van der Waals surface area contributed by atoms with Crippen LogP contribution in [0, 0.1) is 0 Å².